The van der Waals surface area contributed by atoms with Crippen LogP contribution in [0.2, 0.25) is 0 Å². The molecule has 1 aliphatic heterocycles. The zero-order chi connectivity index (χ0) is 24.9. The molecule has 0 spiro atoms. The predicted molar refractivity (Wildman–Crippen MR) is 130 cm³/mol. The molecule has 3 atom stereocenters. The van der Waals surface area contributed by atoms with Gasteiger partial charge in [-0.2, -0.15) is 0 Å². The van der Waals surface area contributed by atoms with E-state index in [9.17, 15) is 19.5 Å². The summed E-state index contributed by atoms with van der Waals surface area (Å²) < 4.78 is 10.9. The second-order valence-corrected chi connectivity index (χ2v) is 9.20. The molecule has 2 aromatic carbocycles. The van der Waals surface area contributed by atoms with Crippen LogP contribution in [-0.4, -0.2) is 66.9 Å². The van der Waals surface area contributed by atoms with Crippen LogP contribution in [0.3, 0.4) is 0 Å². The van der Waals surface area contributed by atoms with E-state index in [1.54, 1.807) is 0 Å². The Labute approximate surface area is 205 Å². The number of amides is 2. The molecule has 1 fully saturated rings. The fraction of sp³-hybridized carbons (Fsp3) is 0.444. The van der Waals surface area contributed by atoms with Gasteiger partial charge in [0.1, 0.15) is 18.8 Å². The first-order valence-corrected chi connectivity index (χ1v) is 12.1. The van der Waals surface area contributed by atoms with Crippen LogP contribution in [-0.2, 0) is 19.1 Å². The number of hydrogen-bond donors (Lipinski definition) is 2. The lowest BCUT2D eigenvalue weighted by molar-refractivity contribution is -0.159. The predicted octanol–water partition coefficient (Wildman–Crippen LogP) is 3.64. The first kappa shape index (κ1) is 24.7. The molecule has 8 nitrogen and oxygen atoms in total. The lowest BCUT2D eigenvalue weighted by Gasteiger charge is -2.38. The van der Waals surface area contributed by atoms with E-state index in [1.807, 2.05) is 31.2 Å². The molecule has 186 valence electrons. The number of benzene rings is 2. The van der Waals surface area contributed by atoms with E-state index in [2.05, 4.69) is 29.6 Å². The van der Waals surface area contributed by atoms with Crippen molar-refractivity contribution in [1.29, 1.82) is 0 Å². The van der Waals surface area contributed by atoms with Crippen LogP contribution in [0, 0.1) is 5.92 Å². The largest absolute Gasteiger partial charge is 0.480 e. The fourth-order valence-corrected chi connectivity index (χ4v) is 5.29. The number of methoxy groups -OCH3 is 1. The maximum atomic E-state index is 13.0. The summed E-state index contributed by atoms with van der Waals surface area (Å²) in [6, 6.07) is 15.4. The average molecular weight is 481 g/mol. The van der Waals surface area contributed by atoms with E-state index in [0.29, 0.717) is 6.54 Å². The molecule has 1 heterocycles. The van der Waals surface area contributed by atoms with E-state index >= 15 is 0 Å². The average Bonchev–Trinajstić information content (AvgIpc) is 3.18. The minimum Gasteiger partial charge on any atom is -0.480 e. The highest BCUT2D eigenvalue weighted by Gasteiger charge is 2.39. The molecule has 2 N–H and O–H groups in total. The molecule has 0 saturated carbocycles. The fourth-order valence-electron chi connectivity index (χ4n) is 5.29. The summed E-state index contributed by atoms with van der Waals surface area (Å²) in [4.78, 5) is 38.5. The van der Waals surface area contributed by atoms with Crippen LogP contribution < -0.4 is 5.32 Å². The highest BCUT2D eigenvalue weighted by atomic mass is 16.5. The van der Waals surface area contributed by atoms with Crippen molar-refractivity contribution >= 4 is 18.0 Å². The zero-order valence-corrected chi connectivity index (χ0v) is 20.1. The molecule has 1 aliphatic carbocycles. The van der Waals surface area contributed by atoms with E-state index in [0.717, 1.165) is 35.1 Å². The highest BCUT2D eigenvalue weighted by molar-refractivity contribution is 5.87. The first-order chi connectivity index (χ1) is 16.9. The number of fused-ring (bicyclic) bond motifs is 3. The molecular weight excluding hydrogens is 448 g/mol. The number of likely N-dealkylation sites (tertiary alicyclic amines) is 1. The topological polar surface area (TPSA) is 105 Å². The lowest BCUT2D eigenvalue weighted by atomic mass is 9.90. The summed E-state index contributed by atoms with van der Waals surface area (Å²) in [6.07, 6.45) is 0.337. The van der Waals surface area contributed by atoms with Crippen LogP contribution in [0.15, 0.2) is 48.5 Å². The second kappa shape index (κ2) is 10.9. The quantitative estimate of drug-likeness (QED) is 0.598. The molecule has 35 heavy (non-hydrogen) atoms. The van der Waals surface area contributed by atoms with Gasteiger partial charge < -0.3 is 24.8 Å². The number of carboxylic acids is 1. The minimum atomic E-state index is -1.00. The Balaban J connectivity index is 1.30. The van der Waals surface area contributed by atoms with Crippen LogP contribution in [0.25, 0.3) is 11.1 Å². The van der Waals surface area contributed by atoms with E-state index in [-0.39, 0.29) is 37.3 Å². The number of nitrogens with one attached hydrogen (secondary N) is 1. The number of rotatable bonds is 8. The van der Waals surface area contributed by atoms with Gasteiger partial charge in [0.05, 0.1) is 0 Å². The smallest absolute Gasteiger partial charge is 0.407 e. The Morgan fingerprint density at radius 2 is 1.71 bits per heavy atom. The van der Waals surface area contributed by atoms with Crippen molar-refractivity contribution in [3.63, 3.8) is 0 Å². The Kier molecular flexibility index (Phi) is 7.70. The SMILES string of the molecule is COC(CCNC(=O)OCC1c2ccccc2-c2ccccc21)C(=O)N1CCCC(C)C1C(=O)O. The number of nitrogens with zero attached hydrogens (tertiary/aromatic N) is 1. The maximum absolute atomic E-state index is 13.0. The number of alkyl carbamates (subject to hydrolysis) is 1. The van der Waals surface area contributed by atoms with Crippen molar-refractivity contribution in [2.24, 2.45) is 5.92 Å². The van der Waals surface area contributed by atoms with Gasteiger partial charge in [0.25, 0.3) is 5.91 Å². The molecule has 1 saturated heterocycles. The number of hydrogen-bond acceptors (Lipinski definition) is 5. The summed E-state index contributed by atoms with van der Waals surface area (Å²) in [5.74, 6) is -1.52. The standard InChI is InChI=1S/C27H32N2O6/c1-17-8-7-15-29(24(17)26(31)32)25(30)23(34-2)13-14-28-27(33)35-16-22-20-11-5-3-9-18(20)19-10-4-6-12-21(19)22/h3-6,9-12,17,22-24H,7-8,13-16H2,1-2H3,(H,28,33)(H,31,32). The molecule has 2 aromatic rings. The molecule has 0 aromatic heterocycles. The van der Waals surface area contributed by atoms with Crippen molar-refractivity contribution in [1.82, 2.24) is 10.2 Å². The Hall–Kier alpha value is -3.39. The molecule has 8 heteroatoms. The Bertz CT molecular complexity index is 1040. The third-order valence-electron chi connectivity index (χ3n) is 7.05. The number of piperidine rings is 1. The summed E-state index contributed by atoms with van der Waals surface area (Å²) in [5.41, 5.74) is 4.58. The Morgan fingerprint density at radius 3 is 2.31 bits per heavy atom. The van der Waals surface area contributed by atoms with Gasteiger partial charge in [0.15, 0.2) is 0 Å². The normalized spacial score (nSPS) is 20.0. The van der Waals surface area contributed by atoms with Crippen molar-refractivity contribution < 1.29 is 29.0 Å². The van der Waals surface area contributed by atoms with Crippen molar-refractivity contribution in [2.45, 2.75) is 44.2 Å². The van der Waals surface area contributed by atoms with E-state index in [1.165, 1.54) is 12.0 Å². The van der Waals surface area contributed by atoms with Crippen molar-refractivity contribution in [2.75, 3.05) is 26.8 Å². The van der Waals surface area contributed by atoms with Gasteiger partial charge >= 0.3 is 12.1 Å². The summed E-state index contributed by atoms with van der Waals surface area (Å²) in [7, 11) is 1.42. The van der Waals surface area contributed by atoms with Crippen molar-refractivity contribution in [3.8, 4) is 11.1 Å². The minimum absolute atomic E-state index is 0.0319. The van der Waals surface area contributed by atoms with Gasteiger partial charge in [-0.1, -0.05) is 55.5 Å². The molecule has 2 aliphatic rings. The number of carboxylic acid groups (broad SMARTS) is 1. The molecule has 2 amide bonds. The van der Waals surface area contributed by atoms with Gasteiger partial charge in [-0.05, 0) is 41.0 Å². The monoisotopic (exact) mass is 480 g/mol. The third kappa shape index (κ3) is 5.17. The summed E-state index contributed by atoms with van der Waals surface area (Å²) >= 11 is 0. The first-order valence-electron chi connectivity index (χ1n) is 12.1. The number of carbonyl (C=O) groups is 3. The van der Waals surface area contributed by atoms with Crippen LogP contribution in [0.4, 0.5) is 4.79 Å². The van der Waals surface area contributed by atoms with Crippen LogP contribution in [0.5, 0.6) is 0 Å². The van der Waals surface area contributed by atoms with Gasteiger partial charge in [0, 0.05) is 32.5 Å². The number of aliphatic carboxylic acids is 1. The third-order valence-corrected chi connectivity index (χ3v) is 7.05. The van der Waals surface area contributed by atoms with E-state index in [4.69, 9.17) is 9.47 Å². The van der Waals surface area contributed by atoms with Crippen LogP contribution in [0.1, 0.15) is 43.2 Å². The zero-order valence-electron chi connectivity index (χ0n) is 20.1. The van der Waals surface area contributed by atoms with Gasteiger partial charge in [-0.3, -0.25) is 4.79 Å². The number of carbonyl (C=O) groups excluding carboxylic acids is 2. The van der Waals surface area contributed by atoms with Gasteiger partial charge in [-0.25, -0.2) is 9.59 Å². The summed E-state index contributed by atoms with van der Waals surface area (Å²) in [5, 5.41) is 12.3. The highest BCUT2D eigenvalue weighted by Crippen LogP contribution is 2.44. The lowest BCUT2D eigenvalue weighted by Crippen LogP contribution is -2.55. The second-order valence-electron chi connectivity index (χ2n) is 9.20. The maximum Gasteiger partial charge on any atom is 0.407 e. The van der Waals surface area contributed by atoms with Gasteiger partial charge in [-0.15, -0.1) is 0 Å². The van der Waals surface area contributed by atoms with Gasteiger partial charge in [0.2, 0.25) is 0 Å². The molecule has 3 unspecified atom stereocenters. The molecule has 0 radical (unpaired) electrons. The number of ether oxygens (including phenoxy) is 2. The van der Waals surface area contributed by atoms with Crippen LogP contribution >= 0.6 is 0 Å². The van der Waals surface area contributed by atoms with Crippen molar-refractivity contribution in [3.05, 3.63) is 59.7 Å². The van der Waals surface area contributed by atoms with E-state index < -0.39 is 24.2 Å². The Morgan fingerprint density at radius 1 is 1.09 bits per heavy atom. The summed E-state index contributed by atoms with van der Waals surface area (Å²) in [6.45, 7) is 2.61. The molecule has 4 rings (SSSR count). The molecular formula is C27H32N2O6. The molecule has 0 bridgehead atoms.